The number of para-hydroxylation sites is 2. The summed E-state index contributed by atoms with van der Waals surface area (Å²) in [6, 6.07) is 13.1. The van der Waals surface area contributed by atoms with Crippen LogP contribution in [0.15, 0.2) is 48.5 Å². The topological polar surface area (TPSA) is 165 Å². The number of anilines is 2. The number of nitrogens with two attached hydrogens (primary N) is 2. The Morgan fingerprint density at radius 2 is 1.64 bits per heavy atom. The molecule has 3 aromatic rings. The van der Waals surface area contributed by atoms with Gasteiger partial charge in [-0.15, -0.1) is 0 Å². The highest BCUT2D eigenvalue weighted by Gasteiger charge is 2.23. The molecule has 0 saturated heterocycles. The first-order chi connectivity index (χ1) is 15.7. The van der Waals surface area contributed by atoms with Gasteiger partial charge in [0.05, 0.1) is 16.8 Å². The molecule has 1 aromatic heterocycles. The highest BCUT2D eigenvalue weighted by molar-refractivity contribution is 6.03. The third-order valence-corrected chi connectivity index (χ3v) is 4.93. The Kier molecular flexibility index (Phi) is 7.19. The van der Waals surface area contributed by atoms with Crippen molar-refractivity contribution in [1.29, 1.82) is 0 Å². The van der Waals surface area contributed by atoms with E-state index in [1.54, 1.807) is 30.3 Å². The lowest BCUT2D eigenvalue weighted by molar-refractivity contribution is -0.119. The fourth-order valence-corrected chi connectivity index (χ4v) is 3.32. The van der Waals surface area contributed by atoms with E-state index in [1.807, 2.05) is 32.0 Å². The predicted octanol–water partition coefficient (Wildman–Crippen LogP) is 1.90. The van der Waals surface area contributed by atoms with Gasteiger partial charge in [-0.1, -0.05) is 38.1 Å². The molecule has 33 heavy (non-hydrogen) atoms. The lowest BCUT2D eigenvalue weighted by Gasteiger charge is -2.22. The van der Waals surface area contributed by atoms with E-state index >= 15 is 0 Å². The fraction of sp³-hybridized carbons (Fsp3) is 0.261. The average molecular weight is 450 g/mol. The molecule has 0 aliphatic heterocycles. The quantitative estimate of drug-likeness (QED) is 0.328. The van der Waals surface area contributed by atoms with Gasteiger partial charge in [0.1, 0.15) is 18.0 Å². The Morgan fingerprint density at radius 3 is 2.30 bits per heavy atom. The molecule has 2 aromatic carbocycles. The van der Waals surface area contributed by atoms with Crippen molar-refractivity contribution < 1.29 is 14.4 Å². The monoisotopic (exact) mass is 449 g/mol. The molecule has 0 aliphatic rings. The molecule has 10 nitrogen and oxygen atoms in total. The number of hydrogen-bond acceptors (Lipinski definition) is 7. The number of nitrogens with one attached hydrogen (secondary N) is 3. The average Bonchev–Trinajstić information content (AvgIpc) is 2.76. The molecule has 2 atom stereocenters. The maximum atomic E-state index is 12.9. The molecule has 1 heterocycles. The molecule has 0 aliphatic carbocycles. The molecule has 172 valence electrons. The molecule has 3 amide bonds. The molecule has 7 N–H and O–H groups in total. The predicted molar refractivity (Wildman–Crippen MR) is 126 cm³/mol. The van der Waals surface area contributed by atoms with Gasteiger partial charge in [-0.25, -0.2) is 9.97 Å². The van der Waals surface area contributed by atoms with E-state index in [-0.39, 0.29) is 23.2 Å². The van der Waals surface area contributed by atoms with E-state index < -0.39 is 24.0 Å². The molecule has 0 spiro atoms. The van der Waals surface area contributed by atoms with Crippen molar-refractivity contribution in [3.8, 4) is 0 Å². The molecule has 3 rings (SSSR count). The van der Waals surface area contributed by atoms with Crippen LogP contribution >= 0.6 is 0 Å². The number of nitrogens with zero attached hydrogens (tertiary/aromatic N) is 2. The van der Waals surface area contributed by atoms with Crippen LogP contribution in [0.3, 0.4) is 0 Å². The maximum Gasteiger partial charge on any atom is 0.254 e. The normalized spacial score (nSPS) is 12.8. The fourth-order valence-electron chi connectivity index (χ4n) is 3.32. The molecule has 0 saturated carbocycles. The van der Waals surface area contributed by atoms with Gasteiger partial charge < -0.3 is 27.4 Å². The van der Waals surface area contributed by atoms with Crippen molar-refractivity contribution in [2.24, 2.45) is 17.4 Å². The van der Waals surface area contributed by atoms with Gasteiger partial charge in [0.15, 0.2) is 5.82 Å². The van der Waals surface area contributed by atoms with Crippen LogP contribution in [-0.4, -0.2) is 33.7 Å². The standard InChI is InChI=1S/C23H27N7O3/c1-12(2)18(20(25)32)28-21-14-8-4-6-10-16(14)27-22(30-21)19(24)29-23(33)15-9-5-7-11-17(15)26-13(3)31/h4-12,18-19H,24H2,1-3H3,(H2,25,32)(H,26,31)(H,29,33)(H,27,28,30)/t18-,19?/m0/s1. The van der Waals surface area contributed by atoms with Crippen LogP contribution in [0.2, 0.25) is 0 Å². The lowest BCUT2D eigenvalue weighted by Crippen LogP contribution is -2.40. The van der Waals surface area contributed by atoms with Gasteiger partial charge in [0.2, 0.25) is 11.8 Å². The van der Waals surface area contributed by atoms with Crippen LogP contribution in [0.5, 0.6) is 0 Å². The van der Waals surface area contributed by atoms with Crippen LogP contribution in [-0.2, 0) is 9.59 Å². The summed E-state index contributed by atoms with van der Waals surface area (Å²) in [7, 11) is 0. The summed E-state index contributed by atoms with van der Waals surface area (Å²) in [6.07, 6.45) is -1.06. The number of amides is 3. The molecule has 10 heteroatoms. The zero-order valence-corrected chi connectivity index (χ0v) is 18.6. The van der Waals surface area contributed by atoms with Crippen molar-refractivity contribution >= 4 is 40.1 Å². The van der Waals surface area contributed by atoms with E-state index in [0.29, 0.717) is 22.4 Å². The van der Waals surface area contributed by atoms with Crippen LogP contribution in [0.4, 0.5) is 11.5 Å². The van der Waals surface area contributed by atoms with Gasteiger partial charge in [-0.05, 0) is 30.2 Å². The first kappa shape index (κ1) is 23.6. The molecule has 0 radical (unpaired) electrons. The van der Waals surface area contributed by atoms with Crippen LogP contribution in [0.1, 0.15) is 43.1 Å². The summed E-state index contributed by atoms with van der Waals surface area (Å²) < 4.78 is 0. The number of hydrogen-bond donors (Lipinski definition) is 5. The third kappa shape index (κ3) is 5.60. The number of fused-ring (bicyclic) bond motifs is 1. The summed E-state index contributed by atoms with van der Waals surface area (Å²) in [5, 5.41) is 9.05. The van der Waals surface area contributed by atoms with E-state index in [2.05, 4.69) is 25.9 Å². The number of aromatic nitrogens is 2. The van der Waals surface area contributed by atoms with Crippen molar-refractivity contribution in [2.75, 3.05) is 10.6 Å². The van der Waals surface area contributed by atoms with Crippen LogP contribution < -0.4 is 27.4 Å². The number of carbonyl (C=O) groups is 3. The minimum Gasteiger partial charge on any atom is -0.368 e. The van der Waals surface area contributed by atoms with Crippen molar-refractivity contribution in [3.63, 3.8) is 0 Å². The third-order valence-electron chi connectivity index (χ3n) is 4.93. The highest BCUT2D eigenvalue weighted by atomic mass is 16.2. The number of carbonyl (C=O) groups excluding carboxylic acids is 3. The summed E-state index contributed by atoms with van der Waals surface area (Å²) in [4.78, 5) is 45.2. The largest absolute Gasteiger partial charge is 0.368 e. The second-order valence-corrected chi connectivity index (χ2v) is 7.89. The van der Waals surface area contributed by atoms with Crippen molar-refractivity contribution in [2.45, 2.75) is 33.0 Å². The Labute approximate surface area is 191 Å². The van der Waals surface area contributed by atoms with Gasteiger partial charge in [0.25, 0.3) is 5.91 Å². The molecular weight excluding hydrogens is 422 g/mol. The summed E-state index contributed by atoms with van der Waals surface area (Å²) in [5.41, 5.74) is 13.0. The molecule has 0 fully saturated rings. The molecular formula is C23H27N7O3. The zero-order chi connectivity index (χ0) is 24.1. The second kappa shape index (κ2) is 10.0. The van der Waals surface area contributed by atoms with E-state index in [0.717, 1.165) is 0 Å². The Morgan fingerprint density at radius 1 is 0.970 bits per heavy atom. The van der Waals surface area contributed by atoms with Crippen molar-refractivity contribution in [3.05, 3.63) is 59.9 Å². The minimum atomic E-state index is -1.06. The van der Waals surface area contributed by atoms with E-state index in [4.69, 9.17) is 11.5 Å². The van der Waals surface area contributed by atoms with Crippen molar-refractivity contribution in [1.82, 2.24) is 15.3 Å². The number of rotatable bonds is 8. The van der Waals surface area contributed by atoms with Gasteiger partial charge >= 0.3 is 0 Å². The Balaban J connectivity index is 1.93. The summed E-state index contributed by atoms with van der Waals surface area (Å²) in [5.74, 6) is -0.873. The molecule has 0 bridgehead atoms. The summed E-state index contributed by atoms with van der Waals surface area (Å²) in [6.45, 7) is 5.09. The highest BCUT2D eigenvalue weighted by Crippen LogP contribution is 2.24. The zero-order valence-electron chi connectivity index (χ0n) is 18.6. The minimum absolute atomic E-state index is 0.0849. The Hall–Kier alpha value is -4.05. The number of primary amides is 1. The first-order valence-electron chi connectivity index (χ1n) is 10.4. The van der Waals surface area contributed by atoms with Gasteiger partial charge in [-0.3, -0.25) is 14.4 Å². The SMILES string of the molecule is CC(=O)Nc1ccccc1C(=O)NC(N)c1nc(N[C@H](C(N)=O)C(C)C)c2ccccc2n1. The van der Waals surface area contributed by atoms with E-state index in [9.17, 15) is 14.4 Å². The van der Waals surface area contributed by atoms with Crippen LogP contribution in [0.25, 0.3) is 10.9 Å². The smallest absolute Gasteiger partial charge is 0.254 e. The maximum absolute atomic E-state index is 12.9. The second-order valence-electron chi connectivity index (χ2n) is 7.89. The first-order valence-corrected chi connectivity index (χ1v) is 10.4. The number of benzene rings is 2. The van der Waals surface area contributed by atoms with Gasteiger partial charge in [-0.2, -0.15) is 0 Å². The summed E-state index contributed by atoms with van der Waals surface area (Å²) >= 11 is 0. The van der Waals surface area contributed by atoms with E-state index in [1.165, 1.54) is 6.92 Å². The van der Waals surface area contributed by atoms with Gasteiger partial charge in [0, 0.05) is 12.3 Å². The molecule has 1 unspecified atom stereocenters. The Bertz CT molecular complexity index is 1200. The van der Waals surface area contributed by atoms with Crippen LogP contribution in [0, 0.1) is 5.92 Å². The lowest BCUT2D eigenvalue weighted by atomic mass is 10.0.